The van der Waals surface area contributed by atoms with Gasteiger partial charge in [0.1, 0.15) is 0 Å². The minimum Gasteiger partial charge on any atom is -0.198 e. The van der Waals surface area contributed by atoms with E-state index in [1.165, 1.54) is 15.3 Å². The SMILES string of the molecule is CC[C@H](C#N)[C@H](/C=C(\C)C(C)(C)C)c1ccc(C)s1. The molecule has 0 saturated carbocycles. The van der Waals surface area contributed by atoms with Gasteiger partial charge in [-0.15, -0.1) is 11.3 Å². The molecule has 0 spiro atoms. The zero-order valence-electron chi connectivity index (χ0n) is 12.9. The highest BCUT2D eigenvalue weighted by atomic mass is 32.1. The van der Waals surface area contributed by atoms with Gasteiger partial charge in [-0.05, 0) is 37.8 Å². The van der Waals surface area contributed by atoms with Crippen LogP contribution < -0.4 is 0 Å². The second kappa shape index (κ2) is 6.39. The molecule has 1 heterocycles. The molecular weight excluding hydrogens is 250 g/mol. The van der Waals surface area contributed by atoms with E-state index < -0.39 is 0 Å². The van der Waals surface area contributed by atoms with Gasteiger partial charge in [-0.25, -0.2) is 0 Å². The maximum absolute atomic E-state index is 9.41. The molecule has 0 aliphatic carbocycles. The Morgan fingerprint density at radius 2 is 2.05 bits per heavy atom. The molecule has 0 N–H and O–H groups in total. The van der Waals surface area contributed by atoms with Gasteiger partial charge in [0.05, 0.1) is 12.0 Å². The van der Waals surface area contributed by atoms with E-state index in [4.69, 9.17) is 0 Å². The van der Waals surface area contributed by atoms with Crippen LogP contribution in [0.1, 0.15) is 56.7 Å². The summed E-state index contributed by atoms with van der Waals surface area (Å²) >= 11 is 1.81. The van der Waals surface area contributed by atoms with Gasteiger partial charge in [0, 0.05) is 15.7 Å². The summed E-state index contributed by atoms with van der Waals surface area (Å²) in [6, 6.07) is 6.81. The summed E-state index contributed by atoms with van der Waals surface area (Å²) in [6.45, 7) is 13.1. The normalized spacial score (nSPS) is 15.9. The molecule has 1 aromatic heterocycles. The molecule has 2 heteroatoms. The highest BCUT2D eigenvalue weighted by Crippen LogP contribution is 2.36. The molecule has 0 saturated heterocycles. The maximum atomic E-state index is 9.41. The first kappa shape index (κ1) is 16.0. The Bertz CT molecular complexity index is 482. The first-order valence-corrected chi connectivity index (χ1v) is 7.76. The fourth-order valence-electron chi connectivity index (χ4n) is 1.97. The van der Waals surface area contributed by atoms with Crippen molar-refractivity contribution in [2.24, 2.45) is 11.3 Å². The molecule has 0 unspecified atom stereocenters. The molecule has 0 aromatic carbocycles. The highest BCUT2D eigenvalue weighted by molar-refractivity contribution is 7.12. The third kappa shape index (κ3) is 4.21. The number of rotatable bonds is 4. The molecule has 0 bridgehead atoms. The van der Waals surface area contributed by atoms with Gasteiger partial charge < -0.3 is 0 Å². The van der Waals surface area contributed by atoms with Crippen LogP contribution in [-0.2, 0) is 0 Å². The Morgan fingerprint density at radius 1 is 1.42 bits per heavy atom. The fraction of sp³-hybridized carbons (Fsp3) is 0.588. The third-order valence-electron chi connectivity index (χ3n) is 3.74. The van der Waals surface area contributed by atoms with Crippen molar-refractivity contribution in [3.8, 4) is 6.07 Å². The van der Waals surface area contributed by atoms with Gasteiger partial charge in [0.2, 0.25) is 0 Å². The van der Waals surface area contributed by atoms with Gasteiger partial charge >= 0.3 is 0 Å². The van der Waals surface area contributed by atoms with Crippen molar-refractivity contribution in [3.63, 3.8) is 0 Å². The lowest BCUT2D eigenvalue weighted by Crippen LogP contribution is -2.12. The summed E-state index contributed by atoms with van der Waals surface area (Å²) in [5.74, 6) is 0.295. The first-order valence-electron chi connectivity index (χ1n) is 6.94. The number of nitriles is 1. The largest absolute Gasteiger partial charge is 0.198 e. The van der Waals surface area contributed by atoms with Crippen LogP contribution in [0.5, 0.6) is 0 Å². The van der Waals surface area contributed by atoms with Crippen LogP contribution >= 0.6 is 11.3 Å². The van der Waals surface area contributed by atoms with Crippen molar-refractivity contribution in [1.29, 1.82) is 5.26 Å². The molecular formula is C17H25NS. The van der Waals surface area contributed by atoms with E-state index in [-0.39, 0.29) is 17.3 Å². The quantitative estimate of drug-likeness (QED) is 0.648. The van der Waals surface area contributed by atoms with Gasteiger partial charge in [-0.3, -0.25) is 0 Å². The van der Waals surface area contributed by atoms with E-state index >= 15 is 0 Å². The van der Waals surface area contributed by atoms with Crippen molar-refractivity contribution in [2.45, 2.75) is 53.9 Å². The molecule has 0 radical (unpaired) electrons. The van der Waals surface area contributed by atoms with E-state index in [1.54, 1.807) is 0 Å². The molecule has 1 rings (SSSR count). The molecule has 0 aliphatic heterocycles. The standard InChI is InChI=1S/C17H25NS/c1-7-14(11-18)15(10-12(2)17(4,5)6)16-9-8-13(3)19-16/h8-10,14-15H,7H2,1-6H3/b12-10+/t14-,15+/m1/s1. The number of nitrogens with zero attached hydrogens (tertiary/aromatic N) is 1. The van der Waals surface area contributed by atoms with Crippen molar-refractivity contribution in [3.05, 3.63) is 33.5 Å². The van der Waals surface area contributed by atoms with E-state index in [0.717, 1.165) is 6.42 Å². The molecule has 19 heavy (non-hydrogen) atoms. The smallest absolute Gasteiger partial charge is 0.0665 e. The van der Waals surface area contributed by atoms with Crippen molar-refractivity contribution in [1.82, 2.24) is 0 Å². The lowest BCUT2D eigenvalue weighted by molar-refractivity contribution is 0.491. The van der Waals surface area contributed by atoms with Crippen LogP contribution in [0.25, 0.3) is 0 Å². The number of hydrogen-bond acceptors (Lipinski definition) is 2. The fourth-order valence-corrected chi connectivity index (χ4v) is 2.99. The third-order valence-corrected chi connectivity index (χ3v) is 4.84. The molecule has 104 valence electrons. The van der Waals surface area contributed by atoms with Gasteiger partial charge in [0.15, 0.2) is 0 Å². The van der Waals surface area contributed by atoms with E-state index in [0.29, 0.717) is 0 Å². The lowest BCUT2D eigenvalue weighted by Gasteiger charge is -2.24. The Balaban J connectivity index is 3.18. The van der Waals surface area contributed by atoms with Crippen LogP contribution in [0.15, 0.2) is 23.8 Å². The van der Waals surface area contributed by atoms with Gasteiger partial charge in [-0.2, -0.15) is 5.26 Å². The summed E-state index contributed by atoms with van der Waals surface area (Å²) in [7, 11) is 0. The average molecular weight is 275 g/mol. The van der Waals surface area contributed by atoms with Crippen LogP contribution in [0.4, 0.5) is 0 Å². The Kier molecular flexibility index (Phi) is 5.38. The summed E-state index contributed by atoms with van der Waals surface area (Å²) in [5, 5.41) is 9.41. The Hall–Kier alpha value is -1.07. The zero-order valence-corrected chi connectivity index (χ0v) is 13.8. The lowest BCUT2D eigenvalue weighted by atomic mass is 9.81. The molecule has 2 atom stereocenters. The van der Waals surface area contributed by atoms with Crippen LogP contribution in [0.2, 0.25) is 0 Å². The Morgan fingerprint density at radius 3 is 2.42 bits per heavy atom. The molecule has 0 amide bonds. The van der Waals surface area contributed by atoms with Gasteiger partial charge in [-0.1, -0.05) is 39.3 Å². The number of thiophene rings is 1. The minimum atomic E-state index is 0.0651. The second-order valence-electron chi connectivity index (χ2n) is 6.22. The molecule has 1 nitrogen and oxygen atoms in total. The van der Waals surface area contributed by atoms with Crippen LogP contribution in [-0.4, -0.2) is 0 Å². The number of aryl methyl sites for hydroxylation is 1. The predicted molar refractivity (Wildman–Crippen MR) is 84.4 cm³/mol. The topological polar surface area (TPSA) is 23.8 Å². The van der Waals surface area contributed by atoms with Crippen LogP contribution in [0, 0.1) is 29.6 Å². The van der Waals surface area contributed by atoms with E-state index in [1.807, 2.05) is 11.3 Å². The predicted octanol–water partition coefficient (Wildman–Crippen LogP) is 5.68. The average Bonchev–Trinajstić information content (AvgIpc) is 2.74. The summed E-state index contributed by atoms with van der Waals surface area (Å²) in [6.07, 6.45) is 3.20. The highest BCUT2D eigenvalue weighted by Gasteiger charge is 2.23. The van der Waals surface area contributed by atoms with Crippen LogP contribution in [0.3, 0.4) is 0 Å². The monoisotopic (exact) mass is 275 g/mol. The van der Waals surface area contributed by atoms with Crippen molar-refractivity contribution >= 4 is 11.3 Å². The summed E-state index contributed by atoms with van der Waals surface area (Å²) in [4.78, 5) is 2.63. The Labute approximate surface area is 122 Å². The minimum absolute atomic E-state index is 0.0651. The summed E-state index contributed by atoms with van der Waals surface area (Å²) in [5.41, 5.74) is 1.52. The molecule has 0 aliphatic rings. The van der Waals surface area contributed by atoms with Crippen molar-refractivity contribution in [2.75, 3.05) is 0 Å². The second-order valence-corrected chi connectivity index (χ2v) is 7.54. The van der Waals surface area contributed by atoms with E-state index in [9.17, 15) is 5.26 Å². The maximum Gasteiger partial charge on any atom is 0.0665 e. The first-order chi connectivity index (χ1) is 8.79. The van der Waals surface area contributed by atoms with E-state index in [2.05, 4.69) is 65.8 Å². The number of hydrogen-bond donors (Lipinski definition) is 0. The molecule has 0 fully saturated rings. The zero-order chi connectivity index (χ0) is 14.6. The number of allylic oxidation sites excluding steroid dienone is 2. The summed E-state index contributed by atoms with van der Waals surface area (Å²) < 4.78 is 0. The van der Waals surface area contributed by atoms with Crippen molar-refractivity contribution < 1.29 is 0 Å². The molecule has 1 aromatic rings. The van der Waals surface area contributed by atoms with Gasteiger partial charge in [0.25, 0.3) is 0 Å².